The second-order valence-corrected chi connectivity index (χ2v) is 17.4. The number of ketones is 4. The first kappa shape index (κ1) is 66.4. The zero-order chi connectivity index (χ0) is 51.0. The summed E-state index contributed by atoms with van der Waals surface area (Å²) in [6.45, 7) is 6.10. The number of unbranched alkanes of at least 4 members (excludes halogenated alkanes) is 14. The van der Waals surface area contributed by atoms with E-state index in [4.69, 9.17) is 34.9 Å². The summed E-state index contributed by atoms with van der Waals surface area (Å²) in [6, 6.07) is -0.946. The molecule has 18 heteroatoms. The Hall–Kier alpha value is -3.68. The second kappa shape index (κ2) is 48.3. The first-order valence-corrected chi connectivity index (χ1v) is 25.3. The molecular weight excluding hydrogens is 883 g/mol. The van der Waals surface area contributed by atoms with Gasteiger partial charge in [0.25, 0.3) is 0 Å². The monoisotopic (exact) mass is 976 g/mol. The van der Waals surface area contributed by atoms with Crippen LogP contribution in [0.15, 0.2) is 0 Å². The number of Topliss-reactive ketones (excluding diaryl/α,β-unsaturated/α-hetero) is 4. The minimum atomic E-state index is -0.996. The summed E-state index contributed by atoms with van der Waals surface area (Å²) in [5, 5.41) is 32.4. The molecule has 3 atom stereocenters. The van der Waals surface area contributed by atoms with Crippen LogP contribution in [0.4, 0.5) is 0 Å². The molecule has 0 radical (unpaired) electrons. The van der Waals surface area contributed by atoms with Crippen molar-refractivity contribution in [1.29, 1.82) is 0 Å². The highest BCUT2D eigenvalue weighted by Crippen LogP contribution is 2.18. The molecule has 0 aliphatic rings. The number of hydrogen-bond acceptors (Lipinski definition) is 14. The number of methoxy groups -OCH3 is 1. The third-order valence-electron chi connectivity index (χ3n) is 11.3. The molecule has 18 nitrogen and oxygen atoms in total. The predicted molar refractivity (Wildman–Crippen MR) is 261 cm³/mol. The van der Waals surface area contributed by atoms with Gasteiger partial charge in [0.2, 0.25) is 11.8 Å². The lowest BCUT2D eigenvalue weighted by Gasteiger charge is -2.15. The number of carbonyl (C=O) groups is 8. The molecule has 0 aliphatic carbocycles. The molecule has 0 heterocycles. The van der Waals surface area contributed by atoms with Gasteiger partial charge in [-0.25, -0.2) is 0 Å². The van der Waals surface area contributed by atoms with E-state index in [0.717, 1.165) is 38.5 Å². The molecule has 2 amide bonds. The Morgan fingerprint density at radius 2 is 1.07 bits per heavy atom. The summed E-state index contributed by atoms with van der Waals surface area (Å²) in [4.78, 5) is 92.4. The smallest absolute Gasteiger partial charge is 0.306 e. The molecule has 0 fully saturated rings. The maximum Gasteiger partial charge on any atom is 0.306 e. The zero-order valence-corrected chi connectivity index (χ0v) is 42.0. The molecule has 0 saturated carbocycles. The molecule has 0 unspecified atom stereocenters. The molecule has 7 N–H and O–H groups in total. The number of carbonyl (C=O) groups excluding carboxylic acids is 6. The average Bonchev–Trinajstić information content (AvgIpc) is 3.30. The number of aliphatic hydroxyl groups excluding tert-OH is 1. The number of amides is 2. The van der Waals surface area contributed by atoms with Gasteiger partial charge in [-0.15, -0.1) is 0 Å². The van der Waals surface area contributed by atoms with Crippen LogP contribution in [0.25, 0.3) is 0 Å². The SMILES string of the molecule is CCC(=O)NCCOCCOCC(=O)NCCCC[C@H](CC(=O)[C@H](N)CO)C(C)=O.COCCOCCCC(=O)CC[C@H](CC(=O)CCCCCCCCCCCCCCCCC(=O)O)C(=O)O.[HH]. The highest BCUT2D eigenvalue weighted by atomic mass is 16.5. The van der Waals surface area contributed by atoms with Crippen LogP contribution in [0.3, 0.4) is 0 Å². The van der Waals surface area contributed by atoms with Crippen LogP contribution in [0, 0.1) is 11.8 Å². The van der Waals surface area contributed by atoms with Gasteiger partial charge in [0.1, 0.15) is 24.0 Å². The van der Waals surface area contributed by atoms with Crippen molar-refractivity contribution in [2.24, 2.45) is 17.6 Å². The second-order valence-electron chi connectivity index (χ2n) is 17.4. The Balaban J connectivity index is -0.00000128. The summed E-state index contributed by atoms with van der Waals surface area (Å²) in [5.74, 6) is -3.55. The van der Waals surface area contributed by atoms with Gasteiger partial charge >= 0.3 is 11.9 Å². The molecule has 398 valence electrons. The number of nitrogens with two attached hydrogens (primary N) is 1. The highest BCUT2D eigenvalue weighted by Gasteiger charge is 2.23. The number of rotatable bonds is 49. The Labute approximate surface area is 408 Å². The Morgan fingerprint density at radius 3 is 1.62 bits per heavy atom. The van der Waals surface area contributed by atoms with Crippen molar-refractivity contribution in [3.8, 4) is 0 Å². The van der Waals surface area contributed by atoms with Crippen LogP contribution in [-0.2, 0) is 57.3 Å². The third kappa shape index (κ3) is 46.1. The van der Waals surface area contributed by atoms with Crippen LogP contribution in [0.5, 0.6) is 0 Å². The number of carboxylic acids is 2. The molecule has 0 bridgehead atoms. The molecule has 0 aromatic heterocycles. The normalized spacial score (nSPS) is 12.3. The first-order chi connectivity index (χ1) is 32.7. The highest BCUT2D eigenvalue weighted by molar-refractivity contribution is 5.89. The van der Waals surface area contributed by atoms with Crippen molar-refractivity contribution in [2.75, 3.05) is 73.1 Å². The third-order valence-corrected chi connectivity index (χ3v) is 11.3. The molecule has 0 aromatic carbocycles. The molecule has 0 aliphatic heterocycles. The van der Waals surface area contributed by atoms with E-state index in [2.05, 4.69) is 10.6 Å². The predicted octanol–water partition coefficient (Wildman–Crippen LogP) is 6.33. The van der Waals surface area contributed by atoms with Gasteiger partial charge in [0.05, 0.1) is 51.6 Å². The minimum absolute atomic E-state index is 0. The van der Waals surface area contributed by atoms with Gasteiger partial charge in [-0.1, -0.05) is 90.4 Å². The Morgan fingerprint density at radius 1 is 0.544 bits per heavy atom. The van der Waals surface area contributed by atoms with Crippen molar-refractivity contribution < 1.29 is 74.0 Å². The van der Waals surface area contributed by atoms with E-state index in [0.29, 0.717) is 97.5 Å². The lowest BCUT2D eigenvalue weighted by atomic mass is 9.91. The Bertz CT molecular complexity index is 1360. The van der Waals surface area contributed by atoms with Crippen LogP contribution in [0.1, 0.15) is 182 Å². The number of carboxylic acid groups (broad SMARTS) is 2. The summed E-state index contributed by atoms with van der Waals surface area (Å²) >= 11 is 0. The molecular formula is C50H93N3O15. The molecule has 0 rings (SSSR count). The van der Waals surface area contributed by atoms with Crippen molar-refractivity contribution in [3.05, 3.63) is 0 Å². The van der Waals surface area contributed by atoms with Gasteiger partial charge in [-0.05, 0) is 45.4 Å². The molecule has 0 saturated heterocycles. The van der Waals surface area contributed by atoms with Gasteiger partial charge in [-0.2, -0.15) is 0 Å². The quantitative estimate of drug-likeness (QED) is 0.0363. The van der Waals surface area contributed by atoms with Crippen LogP contribution >= 0.6 is 0 Å². The average molecular weight is 976 g/mol. The lowest BCUT2D eigenvalue weighted by Crippen LogP contribution is -2.36. The summed E-state index contributed by atoms with van der Waals surface area (Å²) in [5.41, 5.74) is 5.48. The fourth-order valence-electron chi connectivity index (χ4n) is 7.00. The summed E-state index contributed by atoms with van der Waals surface area (Å²) < 4.78 is 20.7. The van der Waals surface area contributed by atoms with Crippen molar-refractivity contribution >= 4 is 46.9 Å². The van der Waals surface area contributed by atoms with E-state index in [-0.39, 0.29) is 75.3 Å². The minimum Gasteiger partial charge on any atom is -0.481 e. The standard InChI is InChI=1S/C30H54O8.C20H37N3O7.H2/c1-37-23-24-38-22-16-18-27(31)21-20-26(30(35)36)25-28(32)17-14-12-10-8-6-4-2-3-5-7-9-11-13-15-19-29(33)34;1-3-19(27)23-8-9-29-10-11-30-14-20(28)22-7-5-4-6-16(15(2)25)12-18(26)17(21)13-24;/h26H,2-25H2,1H3,(H,33,34)(H,35,36);16-17,24H,3-14,21H2,1-2H3,(H,22,28)(H,23,27);1H/t26-;16-,17-;/m11./s1. The molecule has 0 spiro atoms. The largest absolute Gasteiger partial charge is 0.481 e. The Kier molecular flexibility index (Phi) is 47.2. The molecule has 0 aromatic rings. The summed E-state index contributed by atoms with van der Waals surface area (Å²) in [6.07, 6.45) is 20.2. The topological polar surface area (TPSA) is 284 Å². The van der Waals surface area contributed by atoms with Crippen molar-refractivity contribution in [2.45, 2.75) is 187 Å². The van der Waals surface area contributed by atoms with Gasteiger partial charge in [-0.3, -0.25) is 38.4 Å². The van der Waals surface area contributed by atoms with Gasteiger partial charge in [0.15, 0.2) is 5.78 Å². The maximum atomic E-state index is 12.3. The van der Waals surface area contributed by atoms with Gasteiger partial charge < -0.3 is 50.6 Å². The van der Waals surface area contributed by atoms with E-state index >= 15 is 0 Å². The van der Waals surface area contributed by atoms with E-state index in [1.807, 2.05) is 0 Å². The van der Waals surface area contributed by atoms with Crippen LogP contribution in [0.2, 0.25) is 0 Å². The fourth-order valence-corrected chi connectivity index (χ4v) is 7.00. The zero-order valence-electron chi connectivity index (χ0n) is 42.0. The van der Waals surface area contributed by atoms with Gasteiger partial charge in [0, 0.05) is 79.1 Å². The molecule has 68 heavy (non-hydrogen) atoms. The maximum absolute atomic E-state index is 12.3. The van der Waals surface area contributed by atoms with Crippen molar-refractivity contribution in [1.82, 2.24) is 10.6 Å². The number of nitrogens with one attached hydrogen (secondary N) is 2. The van der Waals surface area contributed by atoms with Crippen LogP contribution < -0.4 is 16.4 Å². The first-order valence-electron chi connectivity index (χ1n) is 25.3. The number of aliphatic hydroxyl groups is 1. The van der Waals surface area contributed by atoms with Crippen LogP contribution in [-0.4, -0.2) is 141 Å². The van der Waals surface area contributed by atoms with Crippen molar-refractivity contribution in [3.63, 3.8) is 0 Å². The fraction of sp³-hybridized carbons (Fsp3) is 0.840. The van der Waals surface area contributed by atoms with E-state index in [1.54, 1.807) is 14.0 Å². The van der Waals surface area contributed by atoms with E-state index in [1.165, 1.54) is 58.3 Å². The number of ether oxygens (including phenoxy) is 4. The van der Waals surface area contributed by atoms with E-state index in [9.17, 15) is 43.5 Å². The van der Waals surface area contributed by atoms with E-state index < -0.39 is 36.4 Å². The summed E-state index contributed by atoms with van der Waals surface area (Å²) in [7, 11) is 1.60. The number of aliphatic carboxylic acids is 2. The lowest BCUT2D eigenvalue weighted by molar-refractivity contribution is -0.144. The number of hydrogen-bond donors (Lipinski definition) is 6.